The monoisotopic (exact) mass is 408 g/mol. The number of hydrogen-bond acceptors (Lipinski definition) is 8. The standard InChI is InChI=1S/C19H28N4O6/c1-2-3-4-5-6-7-13(25)29-15-14(26)12(10-24)28-18(15)23-9-8-11-16(23)21-19(20)22-17(11)27/h8-9,12,14-15,18,24,26H,2-7,10H2,1H3,(H3,20,21,22,27). The number of esters is 1. The number of aromatic amines is 1. The van der Waals surface area contributed by atoms with Gasteiger partial charge in [-0.2, -0.15) is 4.98 Å². The van der Waals surface area contributed by atoms with Crippen molar-refractivity contribution in [1.29, 1.82) is 0 Å². The number of aromatic nitrogens is 3. The first-order chi connectivity index (χ1) is 14.0. The number of rotatable bonds is 9. The minimum Gasteiger partial charge on any atom is -0.455 e. The third-order valence-corrected chi connectivity index (χ3v) is 5.12. The highest BCUT2D eigenvalue weighted by Gasteiger charge is 2.47. The van der Waals surface area contributed by atoms with E-state index in [1.54, 1.807) is 6.20 Å². The van der Waals surface area contributed by atoms with Crippen molar-refractivity contribution in [3.63, 3.8) is 0 Å². The van der Waals surface area contributed by atoms with E-state index in [9.17, 15) is 19.8 Å². The molecule has 2 aromatic heterocycles. The summed E-state index contributed by atoms with van der Waals surface area (Å²) in [6, 6.07) is 1.54. The van der Waals surface area contributed by atoms with Crippen LogP contribution in [0.2, 0.25) is 0 Å². The maximum Gasteiger partial charge on any atom is 0.306 e. The molecule has 3 rings (SSSR count). The quantitative estimate of drug-likeness (QED) is 0.352. The molecule has 0 saturated carbocycles. The maximum absolute atomic E-state index is 12.3. The van der Waals surface area contributed by atoms with Crippen molar-refractivity contribution in [2.24, 2.45) is 0 Å². The fraction of sp³-hybridized carbons (Fsp3) is 0.632. The Morgan fingerprint density at radius 2 is 2.14 bits per heavy atom. The zero-order valence-corrected chi connectivity index (χ0v) is 16.4. The molecule has 1 fully saturated rings. The minimum absolute atomic E-state index is 0.0691. The predicted molar refractivity (Wildman–Crippen MR) is 105 cm³/mol. The summed E-state index contributed by atoms with van der Waals surface area (Å²) in [7, 11) is 0. The summed E-state index contributed by atoms with van der Waals surface area (Å²) < 4.78 is 12.7. The number of aliphatic hydroxyl groups excluding tert-OH is 2. The molecule has 10 nitrogen and oxygen atoms in total. The lowest BCUT2D eigenvalue weighted by atomic mass is 10.1. The number of carbonyl (C=O) groups excluding carboxylic acids is 1. The number of carbonyl (C=O) groups is 1. The molecule has 1 aliphatic rings. The van der Waals surface area contributed by atoms with E-state index in [1.165, 1.54) is 10.6 Å². The van der Waals surface area contributed by atoms with Crippen LogP contribution in [0.25, 0.3) is 11.0 Å². The smallest absolute Gasteiger partial charge is 0.306 e. The van der Waals surface area contributed by atoms with Crippen LogP contribution in [0.15, 0.2) is 17.1 Å². The Labute approximate surface area is 167 Å². The van der Waals surface area contributed by atoms with Gasteiger partial charge in [-0.05, 0) is 12.5 Å². The van der Waals surface area contributed by atoms with Crippen molar-refractivity contribution in [1.82, 2.24) is 14.5 Å². The van der Waals surface area contributed by atoms with Crippen molar-refractivity contribution < 1.29 is 24.5 Å². The molecule has 0 amide bonds. The molecular weight excluding hydrogens is 380 g/mol. The fourth-order valence-electron chi connectivity index (χ4n) is 3.57. The number of H-pyrrole nitrogens is 1. The molecule has 5 N–H and O–H groups in total. The highest BCUT2D eigenvalue weighted by atomic mass is 16.6. The van der Waals surface area contributed by atoms with Crippen molar-refractivity contribution in [3.8, 4) is 0 Å². The Bertz CT molecular complexity index is 894. The topological polar surface area (TPSA) is 153 Å². The number of nitrogens with two attached hydrogens (primary N) is 1. The molecule has 10 heteroatoms. The number of aliphatic hydroxyl groups is 2. The third kappa shape index (κ3) is 4.60. The molecule has 0 spiro atoms. The first-order valence-corrected chi connectivity index (χ1v) is 9.96. The van der Waals surface area contributed by atoms with Crippen LogP contribution in [-0.4, -0.2) is 55.6 Å². The van der Waals surface area contributed by atoms with Gasteiger partial charge in [0.2, 0.25) is 5.95 Å². The highest BCUT2D eigenvalue weighted by Crippen LogP contribution is 2.34. The van der Waals surface area contributed by atoms with E-state index in [2.05, 4.69) is 16.9 Å². The largest absolute Gasteiger partial charge is 0.455 e. The molecule has 29 heavy (non-hydrogen) atoms. The second-order valence-corrected chi connectivity index (χ2v) is 7.27. The van der Waals surface area contributed by atoms with E-state index in [4.69, 9.17) is 15.2 Å². The molecule has 3 heterocycles. The van der Waals surface area contributed by atoms with Gasteiger partial charge in [-0.15, -0.1) is 0 Å². The molecule has 2 aromatic rings. The number of anilines is 1. The van der Waals surface area contributed by atoms with Gasteiger partial charge in [0.15, 0.2) is 18.0 Å². The molecule has 1 saturated heterocycles. The molecule has 0 bridgehead atoms. The van der Waals surface area contributed by atoms with Crippen LogP contribution < -0.4 is 11.3 Å². The molecule has 1 aliphatic heterocycles. The van der Waals surface area contributed by atoms with Gasteiger partial charge in [0.05, 0.1) is 12.0 Å². The second kappa shape index (κ2) is 9.38. The molecule has 0 radical (unpaired) electrons. The van der Waals surface area contributed by atoms with Gasteiger partial charge in [0.25, 0.3) is 5.56 Å². The lowest BCUT2D eigenvalue weighted by molar-refractivity contribution is -0.158. The zero-order chi connectivity index (χ0) is 21.0. The van der Waals surface area contributed by atoms with E-state index in [0.717, 1.165) is 25.7 Å². The summed E-state index contributed by atoms with van der Waals surface area (Å²) in [5, 5.41) is 20.3. The van der Waals surface area contributed by atoms with E-state index >= 15 is 0 Å². The summed E-state index contributed by atoms with van der Waals surface area (Å²) >= 11 is 0. The van der Waals surface area contributed by atoms with Crippen LogP contribution in [0.3, 0.4) is 0 Å². The Morgan fingerprint density at radius 3 is 2.86 bits per heavy atom. The van der Waals surface area contributed by atoms with Crippen molar-refractivity contribution in [2.45, 2.75) is 70.0 Å². The van der Waals surface area contributed by atoms with Crippen molar-refractivity contribution >= 4 is 23.0 Å². The van der Waals surface area contributed by atoms with Gasteiger partial charge in [0.1, 0.15) is 12.2 Å². The highest BCUT2D eigenvalue weighted by molar-refractivity contribution is 5.76. The number of nitrogens with one attached hydrogen (secondary N) is 1. The normalized spacial score (nSPS) is 24.2. The Morgan fingerprint density at radius 1 is 1.38 bits per heavy atom. The summed E-state index contributed by atoms with van der Waals surface area (Å²) in [4.78, 5) is 30.9. The van der Waals surface area contributed by atoms with Crippen LogP contribution >= 0.6 is 0 Å². The van der Waals surface area contributed by atoms with Gasteiger partial charge in [-0.3, -0.25) is 14.6 Å². The van der Waals surface area contributed by atoms with E-state index in [1.807, 2.05) is 0 Å². The molecule has 4 unspecified atom stereocenters. The van der Waals surface area contributed by atoms with Crippen LogP contribution in [0.4, 0.5) is 5.95 Å². The molecule has 4 atom stereocenters. The van der Waals surface area contributed by atoms with E-state index < -0.39 is 42.7 Å². The minimum atomic E-state index is -1.22. The summed E-state index contributed by atoms with van der Waals surface area (Å²) in [5.74, 6) is -0.514. The number of hydrogen-bond donors (Lipinski definition) is 4. The van der Waals surface area contributed by atoms with Crippen LogP contribution in [0.5, 0.6) is 0 Å². The zero-order valence-electron chi connectivity index (χ0n) is 16.4. The van der Waals surface area contributed by atoms with Gasteiger partial charge in [-0.25, -0.2) is 0 Å². The molecular formula is C19H28N4O6. The molecule has 160 valence electrons. The summed E-state index contributed by atoms with van der Waals surface area (Å²) in [6.45, 7) is 1.67. The summed E-state index contributed by atoms with van der Waals surface area (Å²) in [5.41, 5.74) is 5.47. The average molecular weight is 408 g/mol. The van der Waals surface area contributed by atoms with Crippen LogP contribution in [0.1, 0.15) is 51.7 Å². The second-order valence-electron chi connectivity index (χ2n) is 7.27. The first kappa shape index (κ1) is 21.3. The number of nitrogen functional groups attached to an aromatic ring is 1. The SMILES string of the molecule is CCCCCCCC(=O)OC1C(O)C(CO)OC1n1ccc2c(=O)[nH]c(N)nc21. The Hall–Kier alpha value is -2.43. The van der Waals surface area contributed by atoms with E-state index in [0.29, 0.717) is 6.42 Å². The Kier molecular flexibility index (Phi) is 6.88. The van der Waals surface area contributed by atoms with Gasteiger partial charge < -0.3 is 30.0 Å². The first-order valence-electron chi connectivity index (χ1n) is 9.96. The van der Waals surface area contributed by atoms with E-state index in [-0.39, 0.29) is 23.4 Å². The van der Waals surface area contributed by atoms with Crippen LogP contribution in [-0.2, 0) is 14.3 Å². The number of fused-ring (bicyclic) bond motifs is 1. The number of unbranched alkanes of at least 4 members (excludes halogenated alkanes) is 4. The number of ether oxygens (including phenoxy) is 2. The predicted octanol–water partition coefficient (Wildman–Crippen LogP) is 0.830. The average Bonchev–Trinajstić information content (AvgIpc) is 3.23. The molecule has 0 aliphatic carbocycles. The van der Waals surface area contributed by atoms with Gasteiger partial charge in [0, 0.05) is 12.6 Å². The van der Waals surface area contributed by atoms with Crippen molar-refractivity contribution in [2.75, 3.05) is 12.3 Å². The fourth-order valence-corrected chi connectivity index (χ4v) is 3.57. The Balaban J connectivity index is 1.78. The third-order valence-electron chi connectivity index (χ3n) is 5.12. The lowest BCUT2D eigenvalue weighted by Crippen LogP contribution is -2.37. The lowest BCUT2D eigenvalue weighted by Gasteiger charge is -2.22. The van der Waals surface area contributed by atoms with Gasteiger partial charge in [-0.1, -0.05) is 32.6 Å². The van der Waals surface area contributed by atoms with Crippen LogP contribution in [0, 0.1) is 0 Å². The summed E-state index contributed by atoms with van der Waals surface area (Å²) in [6.07, 6.45) is 2.59. The van der Waals surface area contributed by atoms with Gasteiger partial charge >= 0.3 is 5.97 Å². The van der Waals surface area contributed by atoms with Crippen molar-refractivity contribution in [3.05, 3.63) is 22.6 Å². The number of nitrogens with zero attached hydrogens (tertiary/aromatic N) is 2. The molecule has 0 aromatic carbocycles. The maximum atomic E-state index is 12.3.